The Morgan fingerprint density at radius 3 is 1.87 bits per heavy atom. The number of hydrogen-bond acceptors (Lipinski definition) is 1. The van der Waals surface area contributed by atoms with Crippen LogP contribution in [0.5, 0.6) is 0 Å². The molecule has 0 saturated carbocycles. The Hall–Kier alpha value is -6.58. The summed E-state index contributed by atoms with van der Waals surface area (Å²) >= 11 is 0. The Labute approximate surface area is 301 Å². The molecule has 3 heteroatoms. The molecule has 0 fully saturated rings. The van der Waals surface area contributed by atoms with Gasteiger partial charge in [0.05, 0.1) is 16.6 Å². The van der Waals surface area contributed by atoms with E-state index in [0.717, 1.165) is 28.4 Å². The Morgan fingerprint density at radius 1 is 0.500 bits per heavy atom. The largest absolute Gasteiger partial charge is 0.455 e. The van der Waals surface area contributed by atoms with Crippen molar-refractivity contribution in [3.63, 3.8) is 0 Å². The number of nitrogens with zero attached hydrogens (tertiary/aromatic N) is 2. The smallest absolute Gasteiger partial charge is 0.142 e. The van der Waals surface area contributed by atoms with E-state index >= 15 is 0 Å². The highest BCUT2D eigenvalue weighted by molar-refractivity contribution is 6.13. The molecule has 1 atom stereocenters. The molecule has 0 spiro atoms. The second kappa shape index (κ2) is 11.2. The molecule has 1 aliphatic rings. The number of hydrogen-bond donors (Lipinski definition) is 0. The number of furan rings is 1. The van der Waals surface area contributed by atoms with Gasteiger partial charge in [0.25, 0.3) is 0 Å². The summed E-state index contributed by atoms with van der Waals surface area (Å²) in [6.45, 7) is 2.38. The molecule has 11 rings (SSSR count). The lowest BCUT2D eigenvalue weighted by atomic mass is 9.83. The topological polar surface area (TPSA) is 23.0 Å². The molecule has 52 heavy (non-hydrogen) atoms. The first kappa shape index (κ1) is 29.2. The van der Waals surface area contributed by atoms with E-state index in [2.05, 4.69) is 186 Å². The summed E-state index contributed by atoms with van der Waals surface area (Å²) in [5.41, 5.74) is 15.5. The van der Waals surface area contributed by atoms with Gasteiger partial charge in [-0.2, -0.15) is 0 Å². The third-order valence-electron chi connectivity index (χ3n) is 11.1. The lowest BCUT2D eigenvalue weighted by Crippen LogP contribution is -2.09. The number of allylic oxidation sites excluding steroid dienone is 1. The Bertz CT molecular complexity index is 3050. The van der Waals surface area contributed by atoms with Crippen LogP contribution < -0.4 is 0 Å². The zero-order chi connectivity index (χ0) is 34.3. The third kappa shape index (κ3) is 4.26. The average molecular weight is 667 g/mol. The second-order valence-corrected chi connectivity index (χ2v) is 14.2. The maximum absolute atomic E-state index is 6.74. The first-order valence-corrected chi connectivity index (χ1v) is 18.2. The van der Waals surface area contributed by atoms with Crippen LogP contribution in [0.1, 0.15) is 36.1 Å². The predicted octanol–water partition coefficient (Wildman–Crippen LogP) is 13.3. The molecule has 1 unspecified atom stereocenters. The quantitative estimate of drug-likeness (QED) is 0.183. The maximum atomic E-state index is 6.74. The lowest BCUT2D eigenvalue weighted by molar-refractivity contribution is 0.666. The van der Waals surface area contributed by atoms with Crippen molar-refractivity contribution in [2.45, 2.75) is 19.3 Å². The summed E-state index contributed by atoms with van der Waals surface area (Å²) in [4.78, 5) is 0. The van der Waals surface area contributed by atoms with E-state index in [-0.39, 0.29) is 0 Å². The van der Waals surface area contributed by atoms with Crippen LogP contribution in [0.25, 0.3) is 88.8 Å². The van der Waals surface area contributed by atoms with Gasteiger partial charge in [-0.15, -0.1) is 0 Å². The van der Waals surface area contributed by atoms with E-state index in [1.54, 1.807) is 0 Å². The zero-order valence-electron chi connectivity index (χ0n) is 28.8. The fraction of sp³-hybridized carbons (Fsp3) is 0.0612. The first-order chi connectivity index (χ1) is 25.7. The average Bonchev–Trinajstić information content (AvgIpc) is 3.86. The predicted molar refractivity (Wildman–Crippen MR) is 218 cm³/mol. The molecular weight excluding hydrogens is 633 g/mol. The number of fused-ring (bicyclic) bond motifs is 9. The van der Waals surface area contributed by atoms with Gasteiger partial charge in [-0.05, 0) is 95.9 Å². The van der Waals surface area contributed by atoms with Crippen LogP contribution in [0.4, 0.5) is 0 Å². The molecule has 0 radical (unpaired) electrons. The van der Waals surface area contributed by atoms with E-state index < -0.39 is 0 Å². The van der Waals surface area contributed by atoms with Crippen LogP contribution in [0.15, 0.2) is 168 Å². The summed E-state index contributed by atoms with van der Waals surface area (Å²) in [5.74, 6) is 0.297. The van der Waals surface area contributed by atoms with Gasteiger partial charge in [0.2, 0.25) is 0 Å². The molecule has 3 heterocycles. The van der Waals surface area contributed by atoms with Crippen molar-refractivity contribution in [1.82, 2.24) is 9.13 Å². The van der Waals surface area contributed by atoms with Crippen molar-refractivity contribution in [3.8, 4) is 22.5 Å². The van der Waals surface area contributed by atoms with E-state index in [4.69, 9.17) is 4.42 Å². The molecule has 3 nitrogen and oxygen atoms in total. The summed E-state index contributed by atoms with van der Waals surface area (Å²) in [7, 11) is 0. The fourth-order valence-corrected chi connectivity index (χ4v) is 8.86. The molecule has 0 saturated heterocycles. The van der Waals surface area contributed by atoms with Crippen molar-refractivity contribution in [2.75, 3.05) is 0 Å². The normalized spacial score (nSPS) is 14.5. The molecule has 0 N–H and O–H groups in total. The van der Waals surface area contributed by atoms with Gasteiger partial charge >= 0.3 is 0 Å². The Balaban J connectivity index is 1.16. The van der Waals surface area contributed by atoms with Crippen LogP contribution in [-0.2, 0) is 0 Å². The highest BCUT2D eigenvalue weighted by Gasteiger charge is 2.28. The van der Waals surface area contributed by atoms with Crippen molar-refractivity contribution >= 4 is 66.3 Å². The minimum atomic E-state index is 0.297. The first-order valence-electron chi connectivity index (χ1n) is 18.2. The van der Waals surface area contributed by atoms with Crippen LogP contribution >= 0.6 is 0 Å². The molecule has 10 aromatic rings. The maximum Gasteiger partial charge on any atom is 0.142 e. The summed E-state index contributed by atoms with van der Waals surface area (Å²) in [5, 5.41) is 6.08. The van der Waals surface area contributed by atoms with Gasteiger partial charge in [-0.25, -0.2) is 0 Å². The summed E-state index contributed by atoms with van der Waals surface area (Å²) in [6, 6.07) is 59.2. The van der Waals surface area contributed by atoms with Crippen LogP contribution in [0.2, 0.25) is 0 Å². The molecule has 246 valence electrons. The van der Waals surface area contributed by atoms with Gasteiger partial charge in [0.1, 0.15) is 11.2 Å². The van der Waals surface area contributed by atoms with E-state index in [1.165, 1.54) is 77.6 Å². The second-order valence-electron chi connectivity index (χ2n) is 14.2. The standard InChI is InChI=1S/C49H34N2O/c1-31-26-34(30-42-38-19-9-12-22-45(38)51(48(31)42)36-16-6-3-7-17-36)40-28-33(29-43-39-20-10-13-23-47(39)52-49(40)43)32-24-25-46-41(27-32)37-18-8-11-21-44(37)50(46)35-14-4-2-5-15-35/h2-25,27-31H,26H2,1H3. The Morgan fingerprint density at radius 2 is 1.10 bits per heavy atom. The van der Waals surface area contributed by atoms with Gasteiger partial charge < -0.3 is 13.6 Å². The summed E-state index contributed by atoms with van der Waals surface area (Å²) in [6.07, 6.45) is 3.36. The molecule has 1 aliphatic carbocycles. The van der Waals surface area contributed by atoms with Gasteiger partial charge in [-0.3, -0.25) is 0 Å². The third-order valence-corrected chi connectivity index (χ3v) is 11.1. The van der Waals surface area contributed by atoms with Gasteiger partial charge in [-0.1, -0.05) is 104 Å². The fourth-order valence-electron chi connectivity index (χ4n) is 8.86. The molecular formula is C49H34N2O. The van der Waals surface area contributed by atoms with Crippen molar-refractivity contribution in [2.24, 2.45) is 0 Å². The number of para-hydroxylation sites is 5. The van der Waals surface area contributed by atoms with Crippen LogP contribution in [0.3, 0.4) is 0 Å². The number of benzene rings is 7. The zero-order valence-corrected chi connectivity index (χ0v) is 28.8. The van der Waals surface area contributed by atoms with Crippen molar-refractivity contribution in [1.29, 1.82) is 0 Å². The number of rotatable bonds is 4. The van der Waals surface area contributed by atoms with E-state index in [1.807, 2.05) is 0 Å². The molecule has 0 bridgehead atoms. The van der Waals surface area contributed by atoms with Gasteiger partial charge in [0, 0.05) is 61.0 Å². The minimum absolute atomic E-state index is 0.297. The monoisotopic (exact) mass is 666 g/mol. The highest BCUT2D eigenvalue weighted by atomic mass is 16.3. The molecule has 0 aliphatic heterocycles. The minimum Gasteiger partial charge on any atom is -0.455 e. The molecule has 7 aromatic carbocycles. The highest BCUT2D eigenvalue weighted by Crippen LogP contribution is 2.47. The van der Waals surface area contributed by atoms with Crippen molar-refractivity contribution < 1.29 is 4.42 Å². The molecule has 3 aromatic heterocycles. The summed E-state index contributed by atoms with van der Waals surface area (Å²) < 4.78 is 11.6. The Kier molecular flexibility index (Phi) is 6.29. The molecule has 0 amide bonds. The van der Waals surface area contributed by atoms with E-state index in [9.17, 15) is 0 Å². The number of aromatic nitrogens is 2. The SMILES string of the molecule is CC1CC(c2cc(-c3ccc4c(c3)c3ccccc3n4-c3ccccc3)cc3c2oc2ccccc23)=Cc2c1n(-c1ccccc1)c1ccccc21. The van der Waals surface area contributed by atoms with E-state index in [0.29, 0.717) is 5.92 Å². The lowest BCUT2D eigenvalue weighted by Gasteiger charge is -2.24. The van der Waals surface area contributed by atoms with Gasteiger partial charge in [0.15, 0.2) is 0 Å². The van der Waals surface area contributed by atoms with Crippen LogP contribution in [-0.4, -0.2) is 9.13 Å². The van der Waals surface area contributed by atoms with Crippen LogP contribution in [0, 0.1) is 0 Å². The van der Waals surface area contributed by atoms with Crippen molar-refractivity contribution in [3.05, 3.63) is 181 Å².